The number of methoxy groups -OCH3 is 2. The molecule has 0 aliphatic rings. The zero-order valence-electron chi connectivity index (χ0n) is 20.3. The molecule has 38 heavy (non-hydrogen) atoms. The molecule has 0 atom stereocenters. The Bertz CT molecular complexity index is 946. The third-order valence-electron chi connectivity index (χ3n) is 6.07. The molecule has 0 heterocycles. The zero-order valence-corrected chi connectivity index (χ0v) is 29.4. The number of hydrogen-bond donors (Lipinski definition) is 0. The molecule has 0 spiro atoms. The largest absolute Gasteiger partial charge is 0.365 e. The molecule has 214 valence electrons. The molecular weight excluding hydrogens is 744 g/mol. The highest BCUT2D eigenvalue weighted by Crippen LogP contribution is 2.64. The van der Waals surface area contributed by atoms with E-state index in [-0.39, 0.29) is 36.0 Å². The molecule has 0 amide bonds. The van der Waals surface area contributed by atoms with Crippen molar-refractivity contribution < 1.29 is 9.47 Å². The number of benzene rings is 1. The van der Waals surface area contributed by atoms with Crippen LogP contribution in [0.25, 0.3) is 0 Å². The zero-order chi connectivity index (χ0) is 30.1. The van der Waals surface area contributed by atoms with Gasteiger partial charge in [-0.25, -0.2) is 0 Å². The molecule has 1 aromatic carbocycles. The van der Waals surface area contributed by atoms with Gasteiger partial charge in [0.25, 0.3) is 0 Å². The molecule has 1 rings (SSSR count). The van der Waals surface area contributed by atoms with E-state index >= 15 is 0 Å². The first kappa shape index (κ1) is 37.9. The van der Waals surface area contributed by atoms with E-state index in [1.54, 1.807) is 20.0 Å². The summed E-state index contributed by atoms with van der Waals surface area (Å²) in [6.45, 7) is 11.6. The topological polar surface area (TPSA) is 18.5 Å². The molecule has 0 saturated heterocycles. The van der Waals surface area contributed by atoms with E-state index in [9.17, 15) is 0 Å². The summed E-state index contributed by atoms with van der Waals surface area (Å²) in [5.41, 5.74) is -2.35. The van der Waals surface area contributed by atoms with Crippen molar-refractivity contribution >= 4 is 153 Å². The first-order valence-corrected chi connectivity index (χ1v) is 15.0. The van der Waals surface area contributed by atoms with Gasteiger partial charge in [0.2, 0.25) is 15.2 Å². The normalized spacial score (nSPS) is 13.9. The van der Waals surface area contributed by atoms with Gasteiger partial charge in [-0.05, 0) is 47.1 Å². The predicted molar refractivity (Wildman–Crippen MR) is 175 cm³/mol. The Hall–Kier alpha value is 1.90. The van der Waals surface area contributed by atoms with Gasteiger partial charge in [-0.1, -0.05) is 163 Å². The number of alkyl halides is 12. The van der Waals surface area contributed by atoms with Gasteiger partial charge in [-0.2, -0.15) is 0 Å². The van der Waals surface area contributed by atoms with Crippen LogP contribution in [-0.2, 0) is 39.9 Å². The van der Waals surface area contributed by atoms with Gasteiger partial charge < -0.3 is 9.47 Å². The summed E-state index contributed by atoms with van der Waals surface area (Å²) in [6, 6.07) is 0. The number of halogens is 12. The summed E-state index contributed by atoms with van der Waals surface area (Å²) in [5.74, 6) is 0. The summed E-state index contributed by atoms with van der Waals surface area (Å²) in [5, 5.41) is 0. The Kier molecular flexibility index (Phi) is 13.7. The Balaban J connectivity index is 5.01. The molecule has 0 unspecified atom stereocenters. The van der Waals surface area contributed by atoms with Gasteiger partial charge in [0.1, 0.15) is 7.85 Å². The maximum absolute atomic E-state index is 6.55. The molecule has 0 saturated carbocycles. The van der Waals surface area contributed by atoms with Gasteiger partial charge in [0, 0.05) is 14.2 Å². The van der Waals surface area contributed by atoms with Crippen molar-refractivity contribution in [2.45, 2.75) is 45.6 Å². The minimum atomic E-state index is -2.39. The van der Waals surface area contributed by atoms with Crippen molar-refractivity contribution in [1.29, 1.82) is 0 Å². The van der Waals surface area contributed by atoms with Gasteiger partial charge in [-0.15, -0.1) is 19.7 Å². The first-order chi connectivity index (χ1) is 17.1. The monoisotopic (exact) mass is 762 g/mol. The van der Waals surface area contributed by atoms with E-state index in [2.05, 4.69) is 19.7 Å². The number of hydrogen-bond acceptors (Lipinski definition) is 2. The minimum absolute atomic E-state index is 0.0123. The Labute approximate surface area is 285 Å². The average molecular weight is 768 g/mol. The Morgan fingerprint density at radius 3 is 0.974 bits per heavy atom. The minimum Gasteiger partial charge on any atom is -0.365 e. The van der Waals surface area contributed by atoms with E-state index in [0.29, 0.717) is 16.6 Å². The molecular formula is C23H23BCl12O2. The van der Waals surface area contributed by atoms with Crippen molar-refractivity contribution in [3.63, 3.8) is 0 Å². The van der Waals surface area contributed by atoms with E-state index in [1.807, 2.05) is 0 Å². The summed E-state index contributed by atoms with van der Waals surface area (Å²) < 4.78 is 2.11. The van der Waals surface area contributed by atoms with E-state index in [4.69, 9.17) is 149 Å². The van der Waals surface area contributed by atoms with Gasteiger partial charge >= 0.3 is 0 Å². The Morgan fingerprint density at radius 1 is 0.553 bits per heavy atom. The number of allylic oxidation sites excluding steroid dienone is 3. The molecule has 0 aliphatic heterocycles. The smallest absolute Gasteiger partial charge is 0.227 e. The van der Waals surface area contributed by atoms with Crippen LogP contribution in [-0.4, -0.2) is 37.2 Å². The van der Waals surface area contributed by atoms with Crippen molar-refractivity contribution in [3.8, 4) is 0 Å². The van der Waals surface area contributed by atoms with Crippen LogP contribution in [0.4, 0.5) is 0 Å². The van der Waals surface area contributed by atoms with E-state index in [0.717, 1.165) is 0 Å². The highest BCUT2D eigenvalue weighted by atomic mass is 35.6. The third-order valence-corrected chi connectivity index (χ3v) is 9.26. The van der Waals surface area contributed by atoms with Gasteiger partial charge in [0.05, 0.1) is 0 Å². The van der Waals surface area contributed by atoms with Crippen molar-refractivity contribution in [2.75, 3.05) is 14.2 Å². The molecule has 1 aromatic rings. The van der Waals surface area contributed by atoms with Crippen LogP contribution in [0, 0.1) is 0 Å². The fraction of sp³-hybridized carbons (Fsp3) is 0.478. The summed E-state index contributed by atoms with van der Waals surface area (Å²) in [6.07, 6.45) is 5.20. The van der Waals surface area contributed by atoms with Gasteiger partial charge in [0.15, 0.2) is 11.2 Å². The molecule has 0 aromatic heterocycles. The molecule has 0 radical (unpaired) electrons. The van der Waals surface area contributed by atoms with Gasteiger partial charge in [-0.3, -0.25) is 0 Å². The first-order valence-electron chi connectivity index (χ1n) is 10.5. The predicted octanol–water partition coefficient (Wildman–Crippen LogP) is 9.29. The number of rotatable bonds is 10. The quantitative estimate of drug-likeness (QED) is 0.134. The molecule has 0 N–H and O–H groups in total. The second kappa shape index (κ2) is 13.7. The lowest BCUT2D eigenvalue weighted by atomic mass is 9.69. The summed E-state index contributed by atoms with van der Waals surface area (Å²) in [4.78, 5) is 0. The van der Waals surface area contributed by atoms with Crippen LogP contribution in [0.5, 0.6) is 0 Å². The van der Waals surface area contributed by atoms with Crippen molar-refractivity contribution in [1.82, 2.24) is 0 Å². The fourth-order valence-corrected chi connectivity index (χ4v) is 9.23. The Morgan fingerprint density at radius 2 is 0.789 bits per heavy atom. The average Bonchev–Trinajstić information content (AvgIpc) is 2.72. The molecule has 2 nitrogen and oxygen atoms in total. The lowest BCUT2D eigenvalue weighted by molar-refractivity contribution is -0.0164. The van der Waals surface area contributed by atoms with Crippen LogP contribution >= 0.6 is 139 Å². The van der Waals surface area contributed by atoms with Crippen LogP contribution in [0.1, 0.15) is 27.8 Å². The standard InChI is InChI=1S/C23H23BCl12O2/c1-6-9-12-15(18(37-4,20(25,26)27)21(28,29)30)13(10-7-2)17(24)14(11-8-3)16(12)19(38-5,22(31,32)33)23(34,35)36/h6-8H,1-3,9-11,24H2,4-5H3. The molecule has 0 bridgehead atoms. The third kappa shape index (κ3) is 6.53. The van der Waals surface area contributed by atoms with Crippen LogP contribution in [0.15, 0.2) is 38.0 Å². The van der Waals surface area contributed by atoms with Crippen molar-refractivity contribution in [2.24, 2.45) is 0 Å². The van der Waals surface area contributed by atoms with E-state index < -0.39 is 26.4 Å². The second-order valence-corrected chi connectivity index (χ2v) is 17.2. The summed E-state index contributed by atoms with van der Waals surface area (Å²) in [7, 11) is 4.20. The second-order valence-electron chi connectivity index (χ2n) is 8.05. The maximum Gasteiger partial charge on any atom is 0.227 e. The number of ether oxygens (including phenoxy) is 2. The van der Waals surface area contributed by atoms with Crippen LogP contribution < -0.4 is 5.46 Å². The van der Waals surface area contributed by atoms with Crippen molar-refractivity contribution in [3.05, 3.63) is 65.8 Å². The SMILES string of the molecule is Bc1c(CC=C)c(C(OC)(C(Cl)(Cl)Cl)C(Cl)(Cl)Cl)c(CC=C)c(C(OC)(C(Cl)(Cl)Cl)C(Cl)(Cl)Cl)c1CC=C. The van der Waals surface area contributed by atoms with Crippen LogP contribution in [0.2, 0.25) is 0 Å². The lowest BCUT2D eigenvalue weighted by Gasteiger charge is -2.50. The highest BCUT2D eigenvalue weighted by Gasteiger charge is 2.68. The molecule has 0 fully saturated rings. The van der Waals surface area contributed by atoms with Crippen LogP contribution in [0.3, 0.4) is 0 Å². The highest BCUT2D eigenvalue weighted by molar-refractivity contribution is 6.74. The van der Waals surface area contributed by atoms with E-state index in [1.165, 1.54) is 20.3 Å². The maximum atomic E-state index is 6.55. The lowest BCUT2D eigenvalue weighted by Crippen LogP contribution is -2.57. The molecule has 0 aliphatic carbocycles. The summed E-state index contributed by atoms with van der Waals surface area (Å²) >= 11 is 78.6. The fourth-order valence-electron chi connectivity index (χ4n) is 4.60. The molecule has 15 heteroatoms.